The van der Waals surface area contributed by atoms with E-state index in [2.05, 4.69) is 16.0 Å². The molecule has 0 aliphatic carbocycles. The van der Waals surface area contributed by atoms with Crippen LogP contribution < -0.4 is 27.4 Å². The molecular formula is C34H51N7O8. The highest BCUT2D eigenvalue weighted by molar-refractivity contribution is 6.02. The number of nitrogens with one attached hydrogen (secondary N) is 3. The summed E-state index contributed by atoms with van der Waals surface area (Å²) >= 11 is 0. The maximum absolute atomic E-state index is 13.6. The van der Waals surface area contributed by atoms with Crippen LogP contribution >= 0.6 is 0 Å². The molecule has 2 aliphatic rings. The molecule has 49 heavy (non-hydrogen) atoms. The van der Waals surface area contributed by atoms with Crippen molar-refractivity contribution in [2.24, 2.45) is 23.3 Å². The molecule has 2 heterocycles. The highest BCUT2D eigenvalue weighted by Gasteiger charge is 2.39. The zero-order valence-corrected chi connectivity index (χ0v) is 28.8. The van der Waals surface area contributed by atoms with Crippen LogP contribution in [0, 0.1) is 11.8 Å². The lowest BCUT2D eigenvalue weighted by atomic mass is 10.0. The lowest BCUT2D eigenvalue weighted by Gasteiger charge is -2.30. The van der Waals surface area contributed by atoms with E-state index >= 15 is 0 Å². The maximum Gasteiger partial charge on any atom is 0.355 e. The van der Waals surface area contributed by atoms with Gasteiger partial charge in [-0.25, -0.2) is 4.79 Å². The molecule has 15 nitrogen and oxygen atoms in total. The van der Waals surface area contributed by atoms with E-state index in [0.29, 0.717) is 37.3 Å². The van der Waals surface area contributed by atoms with E-state index in [-0.39, 0.29) is 44.1 Å². The van der Waals surface area contributed by atoms with Crippen LogP contribution in [0.2, 0.25) is 0 Å². The monoisotopic (exact) mass is 685 g/mol. The standard InChI is InChI=1S/C34H51N7O8/c1-20(2)18-25(34(48)49-41-27(42)14-15-28(41)43)38-30(44)24(12-8-16-35)37-32(46)29(21(3)4)39-31(45)26-13-9-17-40(26)33(47)23(36)19-22-10-6-5-7-11-22/h5-7,10-11,20-21,23-26,29H,8-9,12-19,35-36H2,1-4H3,(H,37,46)(H,38,44)(H,39,45)/t23-,24+,25+,26+,29-/m1/s1. The molecule has 1 aromatic rings. The molecule has 0 spiro atoms. The third-order valence-electron chi connectivity index (χ3n) is 8.53. The third kappa shape index (κ3) is 11.1. The molecule has 15 heteroatoms. The summed E-state index contributed by atoms with van der Waals surface area (Å²) in [5.74, 6) is -4.95. The Morgan fingerprint density at radius 3 is 2.14 bits per heavy atom. The Labute approximate surface area is 287 Å². The van der Waals surface area contributed by atoms with Crippen LogP contribution in [0.3, 0.4) is 0 Å². The molecule has 270 valence electrons. The van der Waals surface area contributed by atoms with Gasteiger partial charge in [0, 0.05) is 19.4 Å². The number of benzene rings is 1. The van der Waals surface area contributed by atoms with Crippen molar-refractivity contribution in [3.8, 4) is 0 Å². The van der Waals surface area contributed by atoms with Gasteiger partial charge in [0.25, 0.3) is 11.8 Å². The molecule has 2 saturated heterocycles. The summed E-state index contributed by atoms with van der Waals surface area (Å²) in [5, 5.41) is 8.50. The number of rotatable bonds is 17. The number of hydroxylamine groups is 2. The van der Waals surface area contributed by atoms with Crippen LogP contribution in [0.4, 0.5) is 0 Å². The Balaban J connectivity index is 1.68. The second kappa shape index (κ2) is 18.4. The molecule has 2 aliphatic heterocycles. The second-order valence-corrected chi connectivity index (χ2v) is 13.4. The van der Waals surface area contributed by atoms with E-state index in [1.165, 1.54) is 4.90 Å². The number of hydrogen-bond acceptors (Lipinski definition) is 10. The molecular weight excluding hydrogens is 634 g/mol. The van der Waals surface area contributed by atoms with Gasteiger partial charge in [0.15, 0.2) is 0 Å². The van der Waals surface area contributed by atoms with Gasteiger partial charge in [-0.05, 0) is 62.5 Å². The summed E-state index contributed by atoms with van der Waals surface area (Å²) in [6.07, 6.45) is 1.79. The number of nitrogens with zero attached hydrogens (tertiary/aromatic N) is 2. The second-order valence-electron chi connectivity index (χ2n) is 13.4. The fraction of sp³-hybridized carbons (Fsp3) is 0.618. The minimum atomic E-state index is -1.22. The highest BCUT2D eigenvalue weighted by atomic mass is 16.7. The summed E-state index contributed by atoms with van der Waals surface area (Å²) in [5.41, 5.74) is 12.8. The summed E-state index contributed by atoms with van der Waals surface area (Å²) in [7, 11) is 0. The molecule has 1 aromatic carbocycles. The SMILES string of the molecule is CC(C)C[C@H](NC(=O)[C@H](CCCN)NC(=O)[C@H](NC(=O)[C@@H]1CCCN1C(=O)[C@H](N)Cc1ccccc1)C(C)C)C(=O)ON1C(=O)CCC1=O. The van der Waals surface area contributed by atoms with Crippen LogP contribution in [-0.2, 0) is 44.8 Å². The number of hydrogen-bond donors (Lipinski definition) is 5. The highest BCUT2D eigenvalue weighted by Crippen LogP contribution is 2.20. The molecule has 6 amide bonds. The Bertz CT molecular complexity index is 1340. The number of likely N-dealkylation sites (tertiary alicyclic amines) is 1. The molecule has 2 fully saturated rings. The van der Waals surface area contributed by atoms with Crippen molar-refractivity contribution in [3.63, 3.8) is 0 Å². The largest absolute Gasteiger partial charge is 0.355 e. The topological polar surface area (TPSA) is 223 Å². The van der Waals surface area contributed by atoms with Gasteiger partial charge in [0.1, 0.15) is 24.2 Å². The van der Waals surface area contributed by atoms with Gasteiger partial charge in [0.2, 0.25) is 23.6 Å². The minimum absolute atomic E-state index is 0.0784. The quantitative estimate of drug-likeness (QED) is 0.139. The molecule has 5 atom stereocenters. The van der Waals surface area contributed by atoms with E-state index in [4.69, 9.17) is 16.3 Å². The molecule has 3 rings (SSSR count). The zero-order chi connectivity index (χ0) is 36.2. The van der Waals surface area contributed by atoms with Crippen molar-refractivity contribution in [1.29, 1.82) is 0 Å². The van der Waals surface area contributed by atoms with Gasteiger partial charge < -0.3 is 37.2 Å². The van der Waals surface area contributed by atoms with Crippen LogP contribution in [0.25, 0.3) is 0 Å². The van der Waals surface area contributed by atoms with Crippen molar-refractivity contribution < 1.29 is 38.4 Å². The van der Waals surface area contributed by atoms with E-state index in [9.17, 15) is 33.6 Å². The lowest BCUT2D eigenvalue weighted by molar-refractivity contribution is -0.199. The summed E-state index contributed by atoms with van der Waals surface area (Å²) < 4.78 is 0. The fourth-order valence-corrected chi connectivity index (χ4v) is 5.88. The van der Waals surface area contributed by atoms with Gasteiger partial charge >= 0.3 is 5.97 Å². The normalized spacial score (nSPS) is 18.7. The first-order chi connectivity index (χ1) is 23.2. The van der Waals surface area contributed by atoms with Crippen molar-refractivity contribution in [3.05, 3.63) is 35.9 Å². The van der Waals surface area contributed by atoms with Crippen LogP contribution in [-0.4, -0.2) is 94.7 Å². The van der Waals surface area contributed by atoms with E-state index in [1.54, 1.807) is 13.8 Å². The Hall–Kier alpha value is -4.37. The maximum atomic E-state index is 13.6. The molecule has 0 bridgehead atoms. The number of nitrogens with two attached hydrogens (primary N) is 2. The number of carbonyl (C=O) groups excluding carboxylic acids is 7. The Morgan fingerprint density at radius 2 is 1.55 bits per heavy atom. The summed E-state index contributed by atoms with van der Waals surface area (Å²) in [4.78, 5) is 97.5. The summed E-state index contributed by atoms with van der Waals surface area (Å²) in [6, 6.07) is 4.30. The average molecular weight is 686 g/mol. The molecule has 7 N–H and O–H groups in total. The van der Waals surface area contributed by atoms with Gasteiger partial charge in [-0.15, -0.1) is 5.06 Å². The van der Waals surface area contributed by atoms with Crippen LogP contribution in [0.5, 0.6) is 0 Å². The van der Waals surface area contributed by atoms with Crippen molar-refractivity contribution in [1.82, 2.24) is 25.9 Å². The fourth-order valence-electron chi connectivity index (χ4n) is 5.88. The molecule has 0 aromatic heterocycles. The summed E-state index contributed by atoms with van der Waals surface area (Å²) in [6.45, 7) is 7.69. The average Bonchev–Trinajstić information content (AvgIpc) is 3.67. The Kier molecular flexibility index (Phi) is 14.7. The number of carbonyl (C=O) groups is 7. The smallest absolute Gasteiger partial charge is 0.343 e. The molecule has 0 unspecified atom stereocenters. The predicted molar refractivity (Wildman–Crippen MR) is 178 cm³/mol. The van der Waals surface area contributed by atoms with E-state index in [1.807, 2.05) is 44.2 Å². The van der Waals surface area contributed by atoms with E-state index in [0.717, 1.165) is 5.56 Å². The first-order valence-corrected chi connectivity index (χ1v) is 17.0. The first kappa shape index (κ1) is 39.1. The van der Waals surface area contributed by atoms with E-state index < -0.39 is 71.6 Å². The minimum Gasteiger partial charge on any atom is -0.343 e. The zero-order valence-electron chi connectivity index (χ0n) is 28.8. The van der Waals surface area contributed by atoms with Crippen molar-refractivity contribution in [2.45, 2.75) is 109 Å². The van der Waals surface area contributed by atoms with Crippen molar-refractivity contribution in [2.75, 3.05) is 13.1 Å². The van der Waals surface area contributed by atoms with Crippen molar-refractivity contribution >= 4 is 41.4 Å². The lowest BCUT2D eigenvalue weighted by Crippen LogP contribution is -2.59. The predicted octanol–water partition coefficient (Wildman–Crippen LogP) is 0.0500. The van der Waals surface area contributed by atoms with Gasteiger partial charge in [-0.2, -0.15) is 0 Å². The van der Waals surface area contributed by atoms with Gasteiger partial charge in [-0.1, -0.05) is 58.0 Å². The van der Waals surface area contributed by atoms with Crippen LogP contribution in [0.1, 0.15) is 78.2 Å². The van der Waals surface area contributed by atoms with Crippen LogP contribution in [0.15, 0.2) is 30.3 Å². The Morgan fingerprint density at radius 1 is 0.918 bits per heavy atom. The van der Waals surface area contributed by atoms with Gasteiger partial charge in [-0.3, -0.25) is 28.8 Å². The number of imide groups is 1. The number of amides is 6. The first-order valence-electron chi connectivity index (χ1n) is 17.0. The molecule has 0 saturated carbocycles. The van der Waals surface area contributed by atoms with Gasteiger partial charge in [0.05, 0.1) is 6.04 Å². The third-order valence-corrected chi connectivity index (χ3v) is 8.53. The molecule has 0 radical (unpaired) electrons.